The van der Waals surface area contributed by atoms with Crippen LogP contribution in [0.5, 0.6) is 11.6 Å². The summed E-state index contributed by atoms with van der Waals surface area (Å²) in [5, 5.41) is 3.19. The third kappa shape index (κ3) is 3.93. The highest BCUT2D eigenvalue weighted by Crippen LogP contribution is 2.34. The first-order valence-electron chi connectivity index (χ1n) is 6.71. The molecule has 0 saturated heterocycles. The van der Waals surface area contributed by atoms with Gasteiger partial charge in [-0.05, 0) is 47.7 Å². The van der Waals surface area contributed by atoms with Crippen molar-refractivity contribution in [1.82, 2.24) is 9.97 Å². The third-order valence-electron chi connectivity index (χ3n) is 2.99. The summed E-state index contributed by atoms with van der Waals surface area (Å²) in [6, 6.07) is 5.45. The van der Waals surface area contributed by atoms with Crippen LogP contribution in [0.1, 0.15) is 36.5 Å². The number of aryl methyl sites for hydroxylation is 1. The Hall–Kier alpha value is -1.72. The van der Waals surface area contributed by atoms with E-state index < -0.39 is 0 Å². The minimum Gasteiger partial charge on any atom is -0.438 e. The fraction of sp³-hybridized carbons (Fsp3) is 0.333. The maximum absolute atomic E-state index is 10.4. The fourth-order valence-electron chi connectivity index (χ4n) is 2.12. The quantitative estimate of drug-likeness (QED) is 0.422. The Labute approximate surface area is 138 Å². The maximum Gasteiger partial charge on any atom is 0.228 e. The van der Waals surface area contributed by atoms with E-state index in [9.17, 15) is 4.91 Å². The van der Waals surface area contributed by atoms with Crippen molar-refractivity contribution in [3.63, 3.8) is 0 Å². The Morgan fingerprint density at radius 2 is 1.95 bits per heavy atom. The van der Waals surface area contributed by atoms with E-state index in [0.717, 1.165) is 11.1 Å². The molecule has 0 unspecified atom stereocenters. The van der Waals surface area contributed by atoms with Crippen LogP contribution in [0.15, 0.2) is 23.4 Å². The zero-order valence-electron chi connectivity index (χ0n) is 12.4. The monoisotopic (exact) mass is 339 g/mol. The van der Waals surface area contributed by atoms with Crippen molar-refractivity contribution in [3.05, 3.63) is 50.2 Å². The van der Waals surface area contributed by atoms with Gasteiger partial charge in [-0.1, -0.05) is 36.7 Å². The molecule has 0 aliphatic heterocycles. The van der Waals surface area contributed by atoms with E-state index in [1.165, 1.54) is 0 Å². The highest BCUT2D eigenvalue weighted by Gasteiger charge is 2.18. The topological polar surface area (TPSA) is 64.4 Å². The van der Waals surface area contributed by atoms with Crippen LogP contribution in [0, 0.1) is 11.8 Å². The number of halogens is 2. The molecule has 0 radical (unpaired) electrons. The summed E-state index contributed by atoms with van der Waals surface area (Å²) in [4.78, 5) is 18.5. The summed E-state index contributed by atoms with van der Waals surface area (Å²) < 4.78 is 5.84. The number of hydrogen-bond acceptors (Lipinski definition) is 5. The predicted octanol–water partition coefficient (Wildman–Crippen LogP) is 5.27. The molecule has 7 heteroatoms. The minimum absolute atomic E-state index is 0.0202. The van der Waals surface area contributed by atoms with E-state index in [1.807, 2.05) is 32.9 Å². The second-order valence-corrected chi connectivity index (χ2v) is 5.90. The third-order valence-corrected chi connectivity index (χ3v) is 3.44. The number of benzene rings is 1. The summed E-state index contributed by atoms with van der Waals surface area (Å²) in [7, 11) is 0. The Balaban J connectivity index is 2.44. The Morgan fingerprint density at radius 3 is 2.59 bits per heavy atom. The van der Waals surface area contributed by atoms with Gasteiger partial charge in [-0.25, -0.2) is 4.98 Å². The number of hydrogen-bond donors (Lipinski definition) is 0. The largest absolute Gasteiger partial charge is 0.438 e. The van der Waals surface area contributed by atoms with Crippen LogP contribution in [-0.4, -0.2) is 9.97 Å². The van der Waals surface area contributed by atoms with Gasteiger partial charge in [0.25, 0.3) is 0 Å². The molecule has 0 saturated carbocycles. The first kappa shape index (κ1) is 16.6. The first-order chi connectivity index (χ1) is 10.4. The lowest BCUT2D eigenvalue weighted by Crippen LogP contribution is -2.01. The Morgan fingerprint density at radius 1 is 1.23 bits per heavy atom. The number of ether oxygens (including phenoxy) is 1. The highest BCUT2D eigenvalue weighted by atomic mass is 35.5. The van der Waals surface area contributed by atoms with Crippen LogP contribution in [-0.2, 0) is 6.54 Å². The molecule has 1 aromatic carbocycles. The van der Waals surface area contributed by atoms with Gasteiger partial charge in [-0.2, -0.15) is 9.89 Å². The molecule has 116 valence electrons. The normalized spacial score (nSPS) is 10.8. The number of rotatable bonds is 5. The van der Waals surface area contributed by atoms with Gasteiger partial charge in [0.05, 0.1) is 5.56 Å². The van der Waals surface area contributed by atoms with Crippen LogP contribution in [0.3, 0.4) is 0 Å². The summed E-state index contributed by atoms with van der Waals surface area (Å²) in [5.41, 5.74) is 2.40. The standard InChI is InChI=1S/C15H15Cl2N3O2/c1-8(2)12-13(16)19-15(17)20-14(12)22-11-5-9(3)4-10(6-11)7-18-21/h4-6,8H,7H2,1-3H3. The van der Waals surface area contributed by atoms with Gasteiger partial charge >= 0.3 is 0 Å². The second kappa shape index (κ2) is 7.03. The van der Waals surface area contributed by atoms with Gasteiger partial charge in [0.1, 0.15) is 17.4 Å². The molecule has 1 heterocycles. The Bertz CT molecular complexity index is 705. The van der Waals surface area contributed by atoms with Gasteiger partial charge in [0.2, 0.25) is 11.2 Å². The highest BCUT2D eigenvalue weighted by molar-refractivity contribution is 6.32. The molecule has 0 aliphatic carbocycles. The van der Waals surface area contributed by atoms with Crippen LogP contribution in [0.4, 0.5) is 0 Å². The van der Waals surface area contributed by atoms with Crippen LogP contribution < -0.4 is 4.74 Å². The molecule has 1 aromatic heterocycles. The van der Waals surface area contributed by atoms with Crippen molar-refractivity contribution >= 4 is 23.2 Å². The van der Waals surface area contributed by atoms with Crippen LogP contribution >= 0.6 is 23.2 Å². The fourth-order valence-corrected chi connectivity index (χ4v) is 2.71. The van der Waals surface area contributed by atoms with E-state index in [0.29, 0.717) is 17.2 Å². The van der Waals surface area contributed by atoms with Crippen molar-refractivity contribution in [2.45, 2.75) is 33.2 Å². The summed E-state index contributed by atoms with van der Waals surface area (Å²) in [6.45, 7) is 5.91. The van der Waals surface area contributed by atoms with Gasteiger partial charge in [-0.15, -0.1) is 0 Å². The molecule has 2 rings (SSSR count). The van der Waals surface area contributed by atoms with E-state index in [1.54, 1.807) is 6.07 Å². The van der Waals surface area contributed by atoms with Crippen molar-refractivity contribution in [2.75, 3.05) is 0 Å². The molecule has 5 nitrogen and oxygen atoms in total. The zero-order valence-corrected chi connectivity index (χ0v) is 13.9. The SMILES string of the molecule is Cc1cc(CN=O)cc(Oc2nc(Cl)nc(Cl)c2C(C)C)c1. The van der Waals surface area contributed by atoms with Crippen molar-refractivity contribution < 1.29 is 4.74 Å². The first-order valence-corrected chi connectivity index (χ1v) is 7.46. The average Bonchev–Trinajstić information content (AvgIpc) is 2.36. The van der Waals surface area contributed by atoms with E-state index in [-0.39, 0.29) is 22.9 Å². The van der Waals surface area contributed by atoms with E-state index in [2.05, 4.69) is 15.1 Å². The average molecular weight is 340 g/mol. The molecule has 0 bridgehead atoms. The van der Waals surface area contributed by atoms with Crippen LogP contribution in [0.2, 0.25) is 10.4 Å². The smallest absolute Gasteiger partial charge is 0.228 e. The van der Waals surface area contributed by atoms with Crippen LogP contribution in [0.25, 0.3) is 0 Å². The van der Waals surface area contributed by atoms with E-state index >= 15 is 0 Å². The molecule has 0 spiro atoms. The van der Waals surface area contributed by atoms with Crippen molar-refractivity contribution in [2.24, 2.45) is 5.18 Å². The lowest BCUT2D eigenvalue weighted by Gasteiger charge is -2.14. The lowest BCUT2D eigenvalue weighted by atomic mass is 10.1. The molecule has 0 atom stereocenters. The maximum atomic E-state index is 10.4. The van der Waals surface area contributed by atoms with Gasteiger partial charge in [0, 0.05) is 0 Å². The van der Waals surface area contributed by atoms with Gasteiger partial charge in [-0.3, -0.25) is 0 Å². The van der Waals surface area contributed by atoms with Gasteiger partial charge in [0.15, 0.2) is 0 Å². The molecule has 22 heavy (non-hydrogen) atoms. The summed E-state index contributed by atoms with van der Waals surface area (Å²) >= 11 is 12.0. The molecule has 0 aliphatic rings. The zero-order chi connectivity index (χ0) is 16.3. The van der Waals surface area contributed by atoms with Crippen molar-refractivity contribution in [1.29, 1.82) is 0 Å². The summed E-state index contributed by atoms with van der Waals surface area (Å²) in [5.74, 6) is 0.933. The molecule has 0 amide bonds. The number of aromatic nitrogens is 2. The molecule has 0 fully saturated rings. The second-order valence-electron chi connectivity index (χ2n) is 5.20. The molecule has 2 aromatic rings. The van der Waals surface area contributed by atoms with Crippen molar-refractivity contribution in [3.8, 4) is 11.6 Å². The lowest BCUT2D eigenvalue weighted by molar-refractivity contribution is 0.450. The van der Waals surface area contributed by atoms with Gasteiger partial charge < -0.3 is 4.74 Å². The molecular formula is C15H15Cl2N3O2. The predicted molar refractivity (Wildman–Crippen MR) is 86.9 cm³/mol. The number of nitrogens with zero attached hydrogens (tertiary/aromatic N) is 3. The van der Waals surface area contributed by atoms with E-state index in [4.69, 9.17) is 27.9 Å². The Kier molecular flexibility index (Phi) is 5.32. The number of nitroso groups, excluding NO2 is 1. The minimum atomic E-state index is 0.0202. The molecule has 0 N–H and O–H groups in total. The molecular weight excluding hydrogens is 325 g/mol. The summed E-state index contributed by atoms with van der Waals surface area (Å²) in [6.07, 6.45) is 0.